The van der Waals surface area contributed by atoms with Crippen LogP contribution in [0.1, 0.15) is 24.0 Å². The minimum atomic E-state index is -0.172. The number of nitrogens with zero attached hydrogens (tertiary/aromatic N) is 3. The van der Waals surface area contributed by atoms with Crippen LogP contribution < -0.4 is 0 Å². The maximum atomic E-state index is 11.6. The summed E-state index contributed by atoms with van der Waals surface area (Å²) >= 11 is 1.59. The third kappa shape index (κ3) is 2.26. The SMILES string of the molecule is CCOC(=O)Cc1csc2nc3c(n12)CN(C)CC3. The molecule has 1 aliphatic rings. The minimum absolute atomic E-state index is 0.172. The molecular weight excluding hydrogens is 262 g/mol. The minimum Gasteiger partial charge on any atom is -0.466 e. The van der Waals surface area contributed by atoms with Crippen LogP contribution in [-0.4, -0.2) is 40.5 Å². The summed E-state index contributed by atoms with van der Waals surface area (Å²) in [7, 11) is 2.11. The molecule has 19 heavy (non-hydrogen) atoms. The fraction of sp³-hybridized carbons (Fsp3) is 0.538. The largest absolute Gasteiger partial charge is 0.466 e. The number of likely N-dealkylation sites (N-methyl/N-ethyl adjacent to an activating group) is 1. The second-order valence-electron chi connectivity index (χ2n) is 4.82. The summed E-state index contributed by atoms with van der Waals surface area (Å²) in [6, 6.07) is 0. The van der Waals surface area contributed by atoms with Crippen molar-refractivity contribution in [1.29, 1.82) is 0 Å². The summed E-state index contributed by atoms with van der Waals surface area (Å²) in [4.78, 5) is 19.6. The maximum absolute atomic E-state index is 11.6. The van der Waals surface area contributed by atoms with Crippen LogP contribution in [0.4, 0.5) is 0 Å². The van der Waals surface area contributed by atoms with E-state index in [-0.39, 0.29) is 5.97 Å². The van der Waals surface area contributed by atoms with Crippen molar-refractivity contribution in [1.82, 2.24) is 14.3 Å². The molecule has 2 aromatic rings. The number of esters is 1. The van der Waals surface area contributed by atoms with Gasteiger partial charge in [-0.15, -0.1) is 11.3 Å². The quantitative estimate of drug-likeness (QED) is 0.799. The van der Waals surface area contributed by atoms with Crippen molar-refractivity contribution in [3.05, 3.63) is 22.5 Å². The van der Waals surface area contributed by atoms with Crippen LogP contribution in [0.25, 0.3) is 4.96 Å². The molecule has 0 saturated carbocycles. The van der Waals surface area contributed by atoms with Crippen molar-refractivity contribution in [2.75, 3.05) is 20.2 Å². The predicted molar refractivity (Wildman–Crippen MR) is 73.4 cm³/mol. The van der Waals surface area contributed by atoms with Crippen LogP contribution in [0.2, 0.25) is 0 Å². The Kier molecular flexibility index (Phi) is 3.28. The van der Waals surface area contributed by atoms with E-state index in [0.29, 0.717) is 13.0 Å². The average Bonchev–Trinajstić information content (AvgIpc) is 2.90. The highest BCUT2D eigenvalue weighted by atomic mass is 32.1. The highest BCUT2D eigenvalue weighted by Crippen LogP contribution is 2.25. The van der Waals surface area contributed by atoms with Gasteiger partial charge in [0.05, 0.1) is 24.4 Å². The first kappa shape index (κ1) is 12.6. The molecule has 5 nitrogen and oxygen atoms in total. The molecule has 6 heteroatoms. The summed E-state index contributed by atoms with van der Waals surface area (Å²) in [5.74, 6) is -0.172. The van der Waals surface area contributed by atoms with Gasteiger partial charge in [0.2, 0.25) is 0 Å². The molecule has 2 aromatic heterocycles. The lowest BCUT2D eigenvalue weighted by atomic mass is 10.1. The number of thiazole rings is 1. The van der Waals surface area contributed by atoms with Gasteiger partial charge in [-0.1, -0.05) is 0 Å². The Balaban J connectivity index is 1.97. The van der Waals surface area contributed by atoms with E-state index < -0.39 is 0 Å². The molecule has 0 spiro atoms. The fourth-order valence-corrected chi connectivity index (χ4v) is 3.42. The number of hydrogen-bond donors (Lipinski definition) is 0. The maximum Gasteiger partial charge on any atom is 0.311 e. The van der Waals surface area contributed by atoms with Gasteiger partial charge in [0.25, 0.3) is 0 Å². The average molecular weight is 279 g/mol. The van der Waals surface area contributed by atoms with E-state index in [9.17, 15) is 4.79 Å². The molecule has 0 unspecified atom stereocenters. The third-order valence-electron chi connectivity index (χ3n) is 3.39. The van der Waals surface area contributed by atoms with E-state index in [1.165, 1.54) is 11.4 Å². The monoisotopic (exact) mass is 279 g/mol. The lowest BCUT2D eigenvalue weighted by molar-refractivity contribution is -0.142. The van der Waals surface area contributed by atoms with E-state index in [1.54, 1.807) is 11.3 Å². The van der Waals surface area contributed by atoms with Crippen LogP contribution >= 0.6 is 11.3 Å². The van der Waals surface area contributed by atoms with Crippen molar-refractivity contribution in [3.63, 3.8) is 0 Å². The van der Waals surface area contributed by atoms with Gasteiger partial charge in [0.15, 0.2) is 4.96 Å². The number of carbonyl (C=O) groups is 1. The van der Waals surface area contributed by atoms with Crippen LogP contribution in [-0.2, 0) is 28.9 Å². The Morgan fingerprint density at radius 3 is 3.21 bits per heavy atom. The van der Waals surface area contributed by atoms with Gasteiger partial charge in [0.1, 0.15) is 0 Å². The van der Waals surface area contributed by atoms with Crippen molar-refractivity contribution in [2.45, 2.75) is 26.3 Å². The van der Waals surface area contributed by atoms with Crippen LogP contribution in [0.3, 0.4) is 0 Å². The molecule has 0 saturated heterocycles. The molecular formula is C13H17N3O2S. The van der Waals surface area contributed by atoms with Gasteiger partial charge in [-0.05, 0) is 14.0 Å². The molecule has 0 atom stereocenters. The number of carbonyl (C=O) groups excluding carboxylic acids is 1. The topological polar surface area (TPSA) is 46.8 Å². The Morgan fingerprint density at radius 2 is 2.42 bits per heavy atom. The highest BCUT2D eigenvalue weighted by Gasteiger charge is 2.22. The Labute approximate surface area is 115 Å². The third-order valence-corrected chi connectivity index (χ3v) is 4.27. The molecule has 0 N–H and O–H groups in total. The summed E-state index contributed by atoms with van der Waals surface area (Å²) in [5.41, 5.74) is 3.39. The van der Waals surface area contributed by atoms with E-state index in [4.69, 9.17) is 4.74 Å². The molecule has 0 bridgehead atoms. The van der Waals surface area contributed by atoms with Gasteiger partial charge in [-0.25, -0.2) is 4.98 Å². The summed E-state index contributed by atoms with van der Waals surface area (Å²) in [6.45, 7) is 4.19. The Hall–Kier alpha value is -1.40. The molecule has 102 valence electrons. The lowest BCUT2D eigenvalue weighted by Gasteiger charge is -2.21. The predicted octanol–water partition coefficient (Wildman–Crippen LogP) is 1.49. The molecule has 3 rings (SSSR count). The number of imidazole rings is 1. The van der Waals surface area contributed by atoms with Gasteiger partial charge in [-0.2, -0.15) is 0 Å². The summed E-state index contributed by atoms with van der Waals surface area (Å²) in [6.07, 6.45) is 1.30. The molecule has 0 amide bonds. The van der Waals surface area contributed by atoms with Crippen molar-refractivity contribution >= 4 is 22.3 Å². The molecule has 0 fully saturated rings. The van der Waals surface area contributed by atoms with Crippen molar-refractivity contribution in [3.8, 4) is 0 Å². The van der Waals surface area contributed by atoms with Gasteiger partial charge in [0, 0.05) is 30.6 Å². The number of rotatable bonds is 3. The zero-order chi connectivity index (χ0) is 13.4. The van der Waals surface area contributed by atoms with E-state index in [2.05, 4.69) is 21.3 Å². The second-order valence-corrected chi connectivity index (χ2v) is 5.66. The number of ether oxygens (including phenoxy) is 1. The Morgan fingerprint density at radius 1 is 1.58 bits per heavy atom. The first-order chi connectivity index (χ1) is 9.19. The first-order valence-corrected chi connectivity index (χ1v) is 7.37. The Bertz CT molecular complexity index is 617. The zero-order valence-electron chi connectivity index (χ0n) is 11.2. The second kappa shape index (κ2) is 4.94. The van der Waals surface area contributed by atoms with E-state index in [0.717, 1.165) is 30.2 Å². The summed E-state index contributed by atoms with van der Waals surface area (Å²) < 4.78 is 7.16. The number of fused-ring (bicyclic) bond motifs is 3. The lowest BCUT2D eigenvalue weighted by Crippen LogP contribution is -2.27. The molecule has 0 radical (unpaired) electrons. The van der Waals surface area contributed by atoms with Crippen LogP contribution in [0.15, 0.2) is 5.38 Å². The number of aromatic nitrogens is 2. The summed E-state index contributed by atoms with van der Waals surface area (Å²) in [5, 5.41) is 2.01. The van der Waals surface area contributed by atoms with Crippen LogP contribution in [0, 0.1) is 0 Å². The standard InChI is InChI=1S/C13H17N3O2S/c1-3-18-12(17)6-9-8-19-13-14-10-4-5-15(2)7-11(10)16(9)13/h8H,3-7H2,1-2H3. The highest BCUT2D eigenvalue weighted by molar-refractivity contribution is 7.15. The molecule has 1 aliphatic heterocycles. The first-order valence-electron chi connectivity index (χ1n) is 6.49. The van der Waals surface area contributed by atoms with Crippen molar-refractivity contribution in [2.24, 2.45) is 0 Å². The number of hydrogen-bond acceptors (Lipinski definition) is 5. The normalized spacial score (nSPS) is 15.7. The molecule has 0 aliphatic carbocycles. The smallest absolute Gasteiger partial charge is 0.311 e. The van der Waals surface area contributed by atoms with Gasteiger partial charge >= 0.3 is 5.97 Å². The van der Waals surface area contributed by atoms with Crippen molar-refractivity contribution < 1.29 is 9.53 Å². The van der Waals surface area contributed by atoms with Gasteiger partial charge in [-0.3, -0.25) is 9.20 Å². The van der Waals surface area contributed by atoms with E-state index >= 15 is 0 Å². The van der Waals surface area contributed by atoms with E-state index in [1.807, 2.05) is 12.3 Å². The zero-order valence-corrected chi connectivity index (χ0v) is 12.0. The molecule has 0 aromatic carbocycles. The molecule has 3 heterocycles. The van der Waals surface area contributed by atoms with Crippen LogP contribution in [0.5, 0.6) is 0 Å². The van der Waals surface area contributed by atoms with Gasteiger partial charge < -0.3 is 9.64 Å². The fourth-order valence-electron chi connectivity index (χ4n) is 2.50.